The normalized spacial score (nSPS) is 20.6. The van der Waals surface area contributed by atoms with Crippen LogP contribution in [0.2, 0.25) is 0 Å². The van der Waals surface area contributed by atoms with Crippen molar-refractivity contribution >= 4 is 5.84 Å². The third-order valence-corrected chi connectivity index (χ3v) is 3.00. The number of nitrogens with two attached hydrogens (primary N) is 1. The topological polar surface area (TPSA) is 56.9 Å². The largest absolute Gasteiger partial charge is 0.355 e. The molecule has 1 fully saturated rings. The van der Waals surface area contributed by atoms with Gasteiger partial charge in [0, 0.05) is 24.9 Å². The molecular weight excluding hydrogens is 202 g/mol. The van der Waals surface area contributed by atoms with Gasteiger partial charge in [-0.05, 0) is 25.7 Å². The molecule has 0 radical (unpaired) electrons. The van der Waals surface area contributed by atoms with Crippen LogP contribution in [0.1, 0.15) is 39.0 Å². The highest BCUT2D eigenvalue weighted by Gasteiger charge is 2.19. The molecule has 0 aromatic rings. The van der Waals surface area contributed by atoms with E-state index in [0.29, 0.717) is 0 Å². The van der Waals surface area contributed by atoms with E-state index in [0.717, 1.165) is 25.3 Å². The number of hydrogen-bond acceptors (Lipinski definition) is 5. The highest BCUT2D eigenvalue weighted by atomic mass is 15.8. The summed E-state index contributed by atoms with van der Waals surface area (Å²) in [4.78, 5) is 2.30. The number of unbranched alkanes of at least 4 members (excludes halogenated alkanes) is 1. The Kier molecular flexibility index (Phi) is 3.66. The van der Waals surface area contributed by atoms with Crippen LogP contribution >= 0.6 is 0 Å². The van der Waals surface area contributed by atoms with Gasteiger partial charge in [-0.25, -0.2) is 5.84 Å². The summed E-state index contributed by atoms with van der Waals surface area (Å²) in [7, 11) is 0. The Morgan fingerprint density at radius 2 is 2.19 bits per heavy atom. The zero-order valence-electron chi connectivity index (χ0n) is 9.95. The first-order chi connectivity index (χ1) is 7.79. The van der Waals surface area contributed by atoms with Gasteiger partial charge in [0.15, 0.2) is 5.84 Å². The first-order valence-corrected chi connectivity index (χ1v) is 6.15. The van der Waals surface area contributed by atoms with Crippen molar-refractivity contribution in [2.24, 2.45) is 10.9 Å². The SMILES string of the molecule is CCCCC1=CC(N2CCCC2)=NN(N)N1. The van der Waals surface area contributed by atoms with E-state index in [1.54, 1.807) is 0 Å². The highest BCUT2D eigenvalue weighted by molar-refractivity contribution is 5.93. The van der Waals surface area contributed by atoms with Gasteiger partial charge in [0.1, 0.15) is 0 Å². The number of likely N-dealkylation sites (tertiary alicyclic amines) is 1. The zero-order valence-corrected chi connectivity index (χ0v) is 9.95. The lowest BCUT2D eigenvalue weighted by Gasteiger charge is -2.27. The Morgan fingerprint density at radius 1 is 1.44 bits per heavy atom. The maximum absolute atomic E-state index is 5.72. The van der Waals surface area contributed by atoms with Crippen molar-refractivity contribution in [1.82, 2.24) is 15.6 Å². The molecule has 5 nitrogen and oxygen atoms in total. The molecule has 2 heterocycles. The highest BCUT2D eigenvalue weighted by Crippen LogP contribution is 2.14. The molecule has 0 atom stereocenters. The second-order valence-corrected chi connectivity index (χ2v) is 4.38. The first kappa shape index (κ1) is 11.3. The molecule has 2 aliphatic rings. The number of nitrogens with zero attached hydrogens (tertiary/aromatic N) is 3. The molecular formula is C11H21N5. The van der Waals surface area contributed by atoms with Crippen LogP contribution in [0.4, 0.5) is 0 Å². The van der Waals surface area contributed by atoms with E-state index in [2.05, 4.69) is 28.4 Å². The summed E-state index contributed by atoms with van der Waals surface area (Å²) in [6.45, 7) is 4.40. The Bertz CT molecular complexity index is 291. The van der Waals surface area contributed by atoms with Gasteiger partial charge in [-0.2, -0.15) is 0 Å². The van der Waals surface area contributed by atoms with Crippen molar-refractivity contribution < 1.29 is 0 Å². The molecule has 0 saturated carbocycles. The van der Waals surface area contributed by atoms with Gasteiger partial charge in [-0.3, -0.25) is 5.43 Å². The van der Waals surface area contributed by atoms with E-state index < -0.39 is 0 Å². The van der Waals surface area contributed by atoms with Gasteiger partial charge >= 0.3 is 0 Å². The van der Waals surface area contributed by atoms with Crippen molar-refractivity contribution in [2.75, 3.05) is 13.1 Å². The summed E-state index contributed by atoms with van der Waals surface area (Å²) in [5, 5.41) is 5.62. The average Bonchev–Trinajstić information content (AvgIpc) is 2.79. The molecule has 0 aromatic carbocycles. The lowest BCUT2D eigenvalue weighted by molar-refractivity contribution is 0.215. The summed E-state index contributed by atoms with van der Waals surface area (Å²) in [5.74, 6) is 6.73. The number of nitrogens with one attached hydrogen (secondary N) is 1. The smallest absolute Gasteiger partial charge is 0.154 e. The predicted molar refractivity (Wildman–Crippen MR) is 65.0 cm³/mol. The van der Waals surface area contributed by atoms with Gasteiger partial charge < -0.3 is 4.90 Å². The Hall–Kier alpha value is -1.23. The molecule has 16 heavy (non-hydrogen) atoms. The van der Waals surface area contributed by atoms with Crippen molar-refractivity contribution in [3.8, 4) is 0 Å². The van der Waals surface area contributed by atoms with Crippen LogP contribution in [0.3, 0.4) is 0 Å². The van der Waals surface area contributed by atoms with Crippen LogP contribution in [0.5, 0.6) is 0 Å². The molecule has 0 bridgehead atoms. The van der Waals surface area contributed by atoms with E-state index in [4.69, 9.17) is 5.84 Å². The number of hydrazine groups is 2. The fraction of sp³-hybridized carbons (Fsp3) is 0.727. The average molecular weight is 223 g/mol. The van der Waals surface area contributed by atoms with Crippen LogP contribution in [-0.4, -0.2) is 29.1 Å². The van der Waals surface area contributed by atoms with Gasteiger partial charge in [0.05, 0.1) is 0 Å². The summed E-state index contributed by atoms with van der Waals surface area (Å²) >= 11 is 0. The lowest BCUT2D eigenvalue weighted by Crippen LogP contribution is -2.45. The molecule has 0 spiro atoms. The fourth-order valence-electron chi connectivity index (χ4n) is 2.10. The second kappa shape index (κ2) is 5.21. The van der Waals surface area contributed by atoms with Crippen LogP contribution in [-0.2, 0) is 0 Å². The van der Waals surface area contributed by atoms with Crippen LogP contribution < -0.4 is 11.3 Å². The van der Waals surface area contributed by atoms with Gasteiger partial charge in [0.2, 0.25) is 0 Å². The molecule has 0 aliphatic carbocycles. The second-order valence-electron chi connectivity index (χ2n) is 4.38. The molecule has 0 amide bonds. The molecule has 3 N–H and O–H groups in total. The summed E-state index contributed by atoms with van der Waals surface area (Å²) < 4.78 is 0. The van der Waals surface area contributed by atoms with Crippen molar-refractivity contribution in [3.05, 3.63) is 11.8 Å². The Labute approximate surface area is 96.9 Å². The first-order valence-electron chi connectivity index (χ1n) is 6.15. The Balaban J connectivity index is 2.01. The van der Waals surface area contributed by atoms with Gasteiger partial charge in [-0.15, -0.1) is 10.3 Å². The fourth-order valence-corrected chi connectivity index (χ4v) is 2.10. The molecule has 0 aromatic heterocycles. The number of hydrazone groups is 1. The number of allylic oxidation sites excluding steroid dienone is 1. The molecule has 2 aliphatic heterocycles. The lowest BCUT2D eigenvalue weighted by atomic mass is 10.2. The number of hydrogen-bond donors (Lipinski definition) is 2. The summed E-state index contributed by atoms with van der Waals surface area (Å²) in [6, 6.07) is 0. The van der Waals surface area contributed by atoms with Gasteiger partial charge in [-0.1, -0.05) is 13.3 Å². The molecule has 1 saturated heterocycles. The van der Waals surface area contributed by atoms with Crippen molar-refractivity contribution in [3.63, 3.8) is 0 Å². The van der Waals surface area contributed by atoms with Crippen molar-refractivity contribution in [1.29, 1.82) is 0 Å². The van der Waals surface area contributed by atoms with Crippen molar-refractivity contribution in [2.45, 2.75) is 39.0 Å². The standard InChI is InChI=1S/C11H21N5/c1-2-3-6-10-9-11(14-16(12)13-10)15-7-4-5-8-15/h9,13H,2-8,12H2,1H3. The van der Waals surface area contributed by atoms with Gasteiger partial charge in [0.25, 0.3) is 0 Å². The number of amidine groups is 1. The van der Waals surface area contributed by atoms with Crippen LogP contribution in [0.15, 0.2) is 16.9 Å². The zero-order chi connectivity index (χ0) is 11.4. The van der Waals surface area contributed by atoms with E-state index in [1.165, 1.54) is 36.6 Å². The summed E-state index contributed by atoms with van der Waals surface area (Å²) in [5.41, 5.74) is 4.23. The van der Waals surface area contributed by atoms with E-state index in [1.807, 2.05) is 0 Å². The molecule has 0 unspecified atom stereocenters. The maximum atomic E-state index is 5.72. The predicted octanol–water partition coefficient (Wildman–Crippen LogP) is 1.16. The summed E-state index contributed by atoms with van der Waals surface area (Å²) in [6.07, 6.45) is 8.06. The monoisotopic (exact) mass is 223 g/mol. The quantitative estimate of drug-likeness (QED) is 0.705. The minimum atomic E-state index is 1.00. The Morgan fingerprint density at radius 3 is 2.88 bits per heavy atom. The van der Waals surface area contributed by atoms with Crippen LogP contribution in [0, 0.1) is 0 Å². The minimum absolute atomic E-state index is 1.00. The van der Waals surface area contributed by atoms with E-state index >= 15 is 0 Å². The van der Waals surface area contributed by atoms with E-state index in [9.17, 15) is 0 Å². The maximum Gasteiger partial charge on any atom is 0.154 e. The molecule has 2 rings (SSSR count). The molecule has 5 heteroatoms. The molecule has 90 valence electrons. The minimum Gasteiger partial charge on any atom is -0.355 e. The third kappa shape index (κ3) is 2.66. The van der Waals surface area contributed by atoms with Crippen LogP contribution in [0.25, 0.3) is 0 Å². The third-order valence-electron chi connectivity index (χ3n) is 3.00. The number of rotatable bonds is 3. The van der Waals surface area contributed by atoms with E-state index in [-0.39, 0.29) is 0 Å².